The Kier molecular flexibility index (Phi) is 8.13. The van der Waals surface area contributed by atoms with Gasteiger partial charge in [0.2, 0.25) is 5.91 Å². The Morgan fingerprint density at radius 3 is 2.27 bits per heavy atom. The minimum atomic E-state index is -0.333. The summed E-state index contributed by atoms with van der Waals surface area (Å²) in [6, 6.07) is 5.09. The maximum atomic E-state index is 13.8. The SMILES string of the molecule is COc1cc(C#N)c(OC2CCC(C)(C=O)CC2)cc1C(=O)NC1C2CCC(CC2)C1C(=O)NCC1(C)CCC1. The van der Waals surface area contributed by atoms with Crippen molar-refractivity contribution in [1.82, 2.24) is 10.6 Å². The second-order valence-electron chi connectivity index (χ2n) is 13.3. The minimum Gasteiger partial charge on any atom is -0.496 e. The van der Waals surface area contributed by atoms with Crippen molar-refractivity contribution in [3.05, 3.63) is 23.3 Å². The number of nitrogens with one attached hydrogen (secondary N) is 2. The number of methoxy groups -OCH3 is 1. The average Bonchev–Trinajstić information content (AvgIpc) is 2.96. The monoisotopic (exact) mass is 549 g/mol. The lowest BCUT2D eigenvalue weighted by Crippen LogP contribution is -2.58. The van der Waals surface area contributed by atoms with E-state index < -0.39 is 0 Å². The quantitative estimate of drug-likeness (QED) is 0.422. The lowest BCUT2D eigenvalue weighted by Gasteiger charge is -2.48. The molecule has 0 spiro atoms. The van der Waals surface area contributed by atoms with Gasteiger partial charge in [0, 0.05) is 24.1 Å². The normalized spacial score (nSPS) is 32.2. The van der Waals surface area contributed by atoms with Gasteiger partial charge < -0.3 is 24.9 Å². The van der Waals surface area contributed by atoms with Gasteiger partial charge >= 0.3 is 0 Å². The van der Waals surface area contributed by atoms with Gasteiger partial charge in [0.25, 0.3) is 5.91 Å². The van der Waals surface area contributed by atoms with Crippen molar-refractivity contribution < 1.29 is 23.9 Å². The fourth-order valence-electron chi connectivity index (χ4n) is 7.40. The Labute approximate surface area is 237 Å². The molecule has 1 aromatic rings. The molecular formula is C32H43N3O5. The van der Waals surface area contributed by atoms with E-state index in [-0.39, 0.29) is 52.5 Å². The molecule has 1 aromatic carbocycles. The summed E-state index contributed by atoms with van der Waals surface area (Å²) in [5, 5.41) is 16.3. The van der Waals surface area contributed by atoms with E-state index in [4.69, 9.17) is 9.47 Å². The molecule has 0 aromatic heterocycles. The van der Waals surface area contributed by atoms with Gasteiger partial charge in [-0.05, 0) is 87.5 Å². The van der Waals surface area contributed by atoms with Crippen LogP contribution in [0.5, 0.6) is 11.5 Å². The van der Waals surface area contributed by atoms with Crippen LogP contribution in [0.4, 0.5) is 0 Å². The highest BCUT2D eigenvalue weighted by Gasteiger charge is 2.48. The first-order chi connectivity index (χ1) is 19.2. The second kappa shape index (κ2) is 11.4. The molecule has 8 heteroatoms. The summed E-state index contributed by atoms with van der Waals surface area (Å²) in [6.45, 7) is 4.89. The minimum absolute atomic E-state index is 0.0586. The number of amides is 2. The number of aldehydes is 1. The van der Waals surface area contributed by atoms with Gasteiger partial charge in [-0.2, -0.15) is 5.26 Å². The average molecular weight is 550 g/mol. The van der Waals surface area contributed by atoms with E-state index in [1.807, 2.05) is 6.92 Å². The van der Waals surface area contributed by atoms with Crippen molar-refractivity contribution >= 4 is 18.1 Å². The topological polar surface area (TPSA) is 118 Å². The molecule has 6 rings (SSSR count). The van der Waals surface area contributed by atoms with Crippen molar-refractivity contribution in [2.45, 2.75) is 96.6 Å². The van der Waals surface area contributed by atoms with E-state index in [9.17, 15) is 19.6 Å². The number of benzene rings is 1. The summed E-state index contributed by atoms with van der Waals surface area (Å²) in [4.78, 5) is 38.7. The zero-order chi connectivity index (χ0) is 28.5. The summed E-state index contributed by atoms with van der Waals surface area (Å²) >= 11 is 0. The van der Waals surface area contributed by atoms with E-state index >= 15 is 0 Å². The van der Waals surface area contributed by atoms with Crippen LogP contribution in [-0.4, -0.2) is 43.9 Å². The predicted octanol–water partition coefficient (Wildman–Crippen LogP) is 4.93. The van der Waals surface area contributed by atoms with Gasteiger partial charge in [-0.3, -0.25) is 9.59 Å². The molecule has 40 heavy (non-hydrogen) atoms. The first-order valence-corrected chi connectivity index (χ1v) is 15.0. The molecule has 5 aliphatic carbocycles. The molecule has 5 saturated carbocycles. The van der Waals surface area contributed by atoms with Crippen LogP contribution in [0.3, 0.4) is 0 Å². The molecule has 0 heterocycles. The van der Waals surface area contributed by atoms with Gasteiger partial charge in [-0.25, -0.2) is 0 Å². The Morgan fingerprint density at radius 1 is 1.02 bits per heavy atom. The first-order valence-electron chi connectivity index (χ1n) is 15.0. The van der Waals surface area contributed by atoms with Crippen molar-refractivity contribution in [1.29, 1.82) is 5.26 Å². The van der Waals surface area contributed by atoms with Crippen LogP contribution in [0, 0.1) is 39.9 Å². The molecular weight excluding hydrogens is 506 g/mol. The number of hydrogen-bond donors (Lipinski definition) is 2. The highest BCUT2D eigenvalue weighted by atomic mass is 16.5. The molecule has 8 nitrogen and oxygen atoms in total. The van der Waals surface area contributed by atoms with E-state index in [1.54, 1.807) is 12.1 Å². The zero-order valence-corrected chi connectivity index (χ0v) is 24.1. The molecule has 2 bridgehead atoms. The summed E-state index contributed by atoms with van der Waals surface area (Å²) in [7, 11) is 1.48. The third-order valence-corrected chi connectivity index (χ3v) is 10.4. The molecule has 5 fully saturated rings. The molecule has 0 saturated heterocycles. The van der Waals surface area contributed by atoms with Crippen LogP contribution >= 0.6 is 0 Å². The third-order valence-electron chi connectivity index (χ3n) is 10.4. The van der Waals surface area contributed by atoms with Crippen molar-refractivity contribution in [2.75, 3.05) is 13.7 Å². The molecule has 2 atom stereocenters. The van der Waals surface area contributed by atoms with Crippen LogP contribution in [0.15, 0.2) is 12.1 Å². The van der Waals surface area contributed by atoms with Crippen LogP contribution in [-0.2, 0) is 9.59 Å². The molecule has 216 valence electrons. The first kappa shape index (κ1) is 28.4. The number of carbonyl (C=O) groups excluding carboxylic acids is 3. The summed E-state index contributed by atoms with van der Waals surface area (Å²) < 4.78 is 11.8. The predicted molar refractivity (Wildman–Crippen MR) is 150 cm³/mol. The zero-order valence-electron chi connectivity index (χ0n) is 24.1. The number of nitrogens with zero attached hydrogens (tertiary/aromatic N) is 1. The largest absolute Gasteiger partial charge is 0.496 e. The Hall–Kier alpha value is -3.08. The summed E-state index contributed by atoms with van der Waals surface area (Å²) in [5.41, 5.74) is 0.461. The van der Waals surface area contributed by atoms with Crippen LogP contribution in [0.25, 0.3) is 0 Å². The Balaban J connectivity index is 1.33. The molecule has 5 aliphatic rings. The standard InChI is InChI=1S/C32H43N3O5/c1-31(11-4-12-31)18-34-30(38)27-20-5-7-21(8-6-20)28(27)35-29(37)24-16-25(22(17-33)15-26(24)39-3)40-23-9-13-32(2,19-36)14-10-23/h15-16,19-21,23,27-28H,4-14,18H2,1-3H3,(H,34,38)(H,35,37). The second-order valence-corrected chi connectivity index (χ2v) is 13.3. The molecule has 2 N–H and O–H groups in total. The van der Waals surface area contributed by atoms with E-state index in [2.05, 4.69) is 23.6 Å². The van der Waals surface area contributed by atoms with Crippen LogP contribution < -0.4 is 20.1 Å². The van der Waals surface area contributed by atoms with Crippen LogP contribution in [0.2, 0.25) is 0 Å². The smallest absolute Gasteiger partial charge is 0.255 e. The number of carbonyl (C=O) groups is 3. The van der Waals surface area contributed by atoms with Crippen molar-refractivity contribution in [2.24, 2.45) is 28.6 Å². The van der Waals surface area contributed by atoms with Crippen molar-refractivity contribution in [3.8, 4) is 17.6 Å². The lowest BCUT2D eigenvalue weighted by molar-refractivity contribution is -0.132. The number of nitriles is 1. The van der Waals surface area contributed by atoms with Crippen molar-refractivity contribution in [3.63, 3.8) is 0 Å². The number of rotatable bonds is 9. The summed E-state index contributed by atoms with van der Waals surface area (Å²) in [6.07, 6.45) is 11.3. The van der Waals surface area contributed by atoms with Gasteiger partial charge in [-0.15, -0.1) is 0 Å². The Morgan fingerprint density at radius 2 is 1.70 bits per heavy atom. The molecule has 2 amide bonds. The third kappa shape index (κ3) is 5.70. The molecule has 0 radical (unpaired) electrons. The Bertz CT molecular complexity index is 1170. The number of ether oxygens (including phenoxy) is 2. The maximum absolute atomic E-state index is 13.8. The highest BCUT2D eigenvalue weighted by Crippen LogP contribution is 2.46. The van der Waals surface area contributed by atoms with Gasteiger partial charge in [0.15, 0.2) is 0 Å². The summed E-state index contributed by atoms with van der Waals surface area (Å²) in [5.74, 6) is 0.690. The van der Waals surface area contributed by atoms with Crippen LogP contribution in [0.1, 0.15) is 100 Å². The van der Waals surface area contributed by atoms with Gasteiger partial charge in [0.1, 0.15) is 23.9 Å². The van der Waals surface area contributed by atoms with E-state index in [0.717, 1.165) is 57.7 Å². The fraction of sp³-hybridized carbons (Fsp3) is 0.688. The van der Waals surface area contributed by atoms with Gasteiger partial charge in [-0.1, -0.05) is 20.3 Å². The fourth-order valence-corrected chi connectivity index (χ4v) is 7.40. The lowest BCUT2D eigenvalue weighted by atomic mass is 9.61. The van der Waals surface area contributed by atoms with E-state index in [1.165, 1.54) is 13.5 Å². The number of fused-ring (bicyclic) bond motifs is 3. The molecule has 2 unspecified atom stereocenters. The molecule has 0 aliphatic heterocycles. The highest BCUT2D eigenvalue weighted by molar-refractivity contribution is 5.98. The van der Waals surface area contributed by atoms with Gasteiger partial charge in [0.05, 0.1) is 30.3 Å². The van der Waals surface area contributed by atoms with E-state index in [0.29, 0.717) is 42.0 Å². The maximum Gasteiger partial charge on any atom is 0.255 e. The number of hydrogen-bond acceptors (Lipinski definition) is 6.